The summed E-state index contributed by atoms with van der Waals surface area (Å²) in [6.07, 6.45) is 0. The van der Waals surface area contributed by atoms with Crippen molar-refractivity contribution >= 4 is 90.4 Å². The van der Waals surface area contributed by atoms with Crippen LogP contribution in [0.15, 0.2) is 133 Å². The summed E-state index contributed by atoms with van der Waals surface area (Å²) in [5.41, 5.74) is 10.1. The Morgan fingerprint density at radius 2 is 0.795 bits per heavy atom. The molecule has 0 heterocycles. The second-order valence-electron chi connectivity index (χ2n) is 8.71. The molecule has 0 unspecified atom stereocenters. The minimum absolute atomic E-state index is 0. The molecule has 39 heavy (non-hydrogen) atoms. The van der Waals surface area contributed by atoms with Crippen LogP contribution in [-0.2, 0) is 17.1 Å². The van der Waals surface area contributed by atoms with Gasteiger partial charge >= 0.3 is 0 Å². The van der Waals surface area contributed by atoms with E-state index in [2.05, 4.69) is 193 Å². The molecule has 5 heteroatoms. The molecule has 0 bridgehead atoms. The van der Waals surface area contributed by atoms with Crippen LogP contribution in [0, 0.1) is 14.3 Å². The number of rotatable bonds is 4. The molecule has 200 valence electrons. The van der Waals surface area contributed by atoms with Gasteiger partial charge in [0.25, 0.3) is 0 Å². The number of hydrogen-bond acceptors (Lipinski definition) is 0. The van der Waals surface area contributed by atoms with Crippen LogP contribution in [0.1, 0.15) is 0 Å². The average molecular weight is 994 g/mol. The zero-order valence-corrected chi connectivity index (χ0v) is 30.3. The summed E-state index contributed by atoms with van der Waals surface area (Å²) in [4.78, 5) is 0. The van der Waals surface area contributed by atoms with Gasteiger partial charge in [0.15, 0.2) is 0 Å². The van der Waals surface area contributed by atoms with E-state index in [1.807, 2.05) is 30.3 Å². The molecule has 6 rings (SSSR count). The van der Waals surface area contributed by atoms with Gasteiger partial charge in [0.2, 0.25) is 0 Å². The third kappa shape index (κ3) is 7.86. The molecule has 0 fully saturated rings. The zero-order valence-electron chi connectivity index (χ0n) is 20.6. The first-order chi connectivity index (χ1) is 18.5. The van der Waals surface area contributed by atoms with Crippen LogP contribution in [0.5, 0.6) is 0 Å². The Morgan fingerprint density at radius 1 is 0.436 bits per heavy atom. The number of halogens is 4. The second-order valence-corrected chi connectivity index (χ2v) is 13.7. The summed E-state index contributed by atoms with van der Waals surface area (Å²) in [6, 6.07) is 47.9. The first-order valence-electron chi connectivity index (χ1n) is 12.0. The third-order valence-corrected chi connectivity index (χ3v) is 9.09. The molecule has 0 aliphatic heterocycles. The minimum Gasteiger partial charge on any atom is -0.748 e. The fourth-order valence-electron chi connectivity index (χ4n) is 4.43. The van der Waals surface area contributed by atoms with Crippen molar-refractivity contribution < 1.29 is 17.1 Å². The zero-order chi connectivity index (χ0) is 26.5. The Balaban J connectivity index is 0.000000530. The van der Waals surface area contributed by atoms with Gasteiger partial charge in [0, 0.05) is 31.3 Å². The Morgan fingerprint density at radius 3 is 1.23 bits per heavy atom. The van der Waals surface area contributed by atoms with Gasteiger partial charge in [-0.05, 0) is 115 Å². The van der Waals surface area contributed by atoms with Gasteiger partial charge in [0.1, 0.15) is 0 Å². The van der Waals surface area contributed by atoms with Crippen molar-refractivity contribution in [3.63, 3.8) is 0 Å². The van der Waals surface area contributed by atoms with E-state index in [1.54, 1.807) is 0 Å². The van der Waals surface area contributed by atoms with Crippen molar-refractivity contribution in [2.24, 2.45) is 0 Å². The van der Waals surface area contributed by atoms with E-state index in [9.17, 15) is 0 Å². The van der Waals surface area contributed by atoms with Gasteiger partial charge in [0.05, 0.1) is 0 Å². The number of benzene rings is 4. The maximum atomic E-state index is 2.38. The largest absolute Gasteiger partial charge is 0.748 e. The molecule has 0 saturated heterocycles. The van der Waals surface area contributed by atoms with Crippen molar-refractivity contribution in [2.75, 3.05) is 0 Å². The fourth-order valence-corrected chi connectivity index (χ4v) is 5.86. The average Bonchev–Trinajstić information content (AvgIpc) is 3.63. The predicted octanol–water partition coefficient (Wildman–Crippen LogP) is 11.9. The van der Waals surface area contributed by atoms with Crippen LogP contribution in [0.2, 0.25) is 0 Å². The first kappa shape index (κ1) is 31.0. The van der Waals surface area contributed by atoms with Crippen molar-refractivity contribution in [3.05, 3.63) is 148 Å². The summed E-state index contributed by atoms with van der Waals surface area (Å²) in [6.45, 7) is 0. The molecule has 0 aliphatic carbocycles. The van der Waals surface area contributed by atoms with Crippen LogP contribution in [0.4, 0.5) is 0 Å². The fraction of sp³-hybridized carbons (Fsp3) is 0. The molecule has 0 spiro atoms. The van der Waals surface area contributed by atoms with Crippen LogP contribution >= 0.6 is 90.4 Å². The smallest absolute Gasteiger partial charge is 0.0130 e. The standard InChI is InChI=1S/C29H17I4.C5H5.Fe/c30-22-9-1-18(2-10-22)26-17-27(19-3-11-23(31)12-4-19)29(21-7-15-25(33)16-8-21)28(26)20-5-13-24(32)14-6-20;1-2-4-5-3-1;/h1-17H;1-5H;/q-1;-5;. The van der Waals surface area contributed by atoms with Crippen LogP contribution in [0.3, 0.4) is 0 Å². The summed E-state index contributed by atoms with van der Waals surface area (Å²) >= 11 is 9.51. The SMILES string of the molecule is Ic1ccc(-c2c[c-](-c3ccc(I)cc3)c(-c3ccc(I)cc3)c2-c2ccc(I)cc2)cc1.[Fe].[cH-]1[cH-][cH-][cH-][cH-]1. The summed E-state index contributed by atoms with van der Waals surface area (Å²) in [5.74, 6) is 0. The maximum Gasteiger partial charge on any atom is 0.0130 e. The van der Waals surface area contributed by atoms with E-state index in [4.69, 9.17) is 0 Å². The van der Waals surface area contributed by atoms with Gasteiger partial charge in [-0.2, -0.15) is 0 Å². The Hall–Kier alpha value is -0.981. The molecule has 0 saturated carbocycles. The van der Waals surface area contributed by atoms with E-state index in [0.29, 0.717) is 0 Å². The molecule has 6 aromatic rings. The van der Waals surface area contributed by atoms with E-state index in [1.165, 1.54) is 58.8 Å². The van der Waals surface area contributed by atoms with Gasteiger partial charge < -0.3 is 30.3 Å². The Kier molecular flexibility index (Phi) is 11.7. The van der Waals surface area contributed by atoms with E-state index < -0.39 is 0 Å². The second kappa shape index (κ2) is 14.8. The molecule has 0 N–H and O–H groups in total. The van der Waals surface area contributed by atoms with E-state index >= 15 is 0 Å². The van der Waals surface area contributed by atoms with Crippen LogP contribution in [0.25, 0.3) is 44.5 Å². The predicted molar refractivity (Wildman–Crippen MR) is 197 cm³/mol. The summed E-state index contributed by atoms with van der Waals surface area (Å²) < 4.78 is 4.98. The summed E-state index contributed by atoms with van der Waals surface area (Å²) in [5, 5.41) is 0. The molecule has 0 aliphatic rings. The topological polar surface area (TPSA) is 0 Å². The van der Waals surface area contributed by atoms with Crippen molar-refractivity contribution in [1.82, 2.24) is 0 Å². The van der Waals surface area contributed by atoms with Crippen LogP contribution < -0.4 is 0 Å². The molecular weight excluding hydrogens is 972 g/mol. The van der Waals surface area contributed by atoms with E-state index in [0.717, 1.165) is 0 Å². The molecule has 0 nitrogen and oxygen atoms in total. The first-order valence-corrected chi connectivity index (χ1v) is 16.4. The molecule has 6 aromatic carbocycles. The van der Waals surface area contributed by atoms with Crippen LogP contribution in [-0.4, -0.2) is 0 Å². The molecule has 0 aromatic heterocycles. The maximum absolute atomic E-state index is 2.38. The number of hydrogen-bond donors (Lipinski definition) is 0. The van der Waals surface area contributed by atoms with E-state index in [-0.39, 0.29) is 17.1 Å². The molecule has 0 radical (unpaired) electrons. The minimum atomic E-state index is 0. The quantitative estimate of drug-likeness (QED) is 0.0938. The van der Waals surface area contributed by atoms with Gasteiger partial charge in [-0.1, -0.05) is 99.6 Å². The molecular formula is C34H22FeI4-6. The third-order valence-electron chi connectivity index (χ3n) is 6.21. The normalized spacial score (nSPS) is 10.4. The Labute approximate surface area is 295 Å². The van der Waals surface area contributed by atoms with Gasteiger partial charge in [-0.25, -0.2) is 0 Å². The molecule has 0 atom stereocenters. The van der Waals surface area contributed by atoms with Gasteiger partial charge in [-0.3, -0.25) is 0 Å². The summed E-state index contributed by atoms with van der Waals surface area (Å²) in [7, 11) is 0. The van der Waals surface area contributed by atoms with Crippen molar-refractivity contribution in [3.8, 4) is 44.5 Å². The Bertz CT molecular complexity index is 1470. The van der Waals surface area contributed by atoms with Crippen molar-refractivity contribution in [2.45, 2.75) is 0 Å². The van der Waals surface area contributed by atoms with Gasteiger partial charge in [-0.15, -0.1) is 23.8 Å². The monoisotopic (exact) mass is 994 g/mol. The van der Waals surface area contributed by atoms with Crippen molar-refractivity contribution in [1.29, 1.82) is 0 Å². The molecule has 0 amide bonds.